The van der Waals surface area contributed by atoms with E-state index in [2.05, 4.69) is 25.7 Å². The Kier molecular flexibility index (Phi) is 5.42. The Morgan fingerprint density at radius 2 is 1.87 bits per heavy atom. The van der Waals surface area contributed by atoms with E-state index in [1.165, 1.54) is 0 Å². The summed E-state index contributed by atoms with van der Waals surface area (Å²) in [6.45, 7) is 12.5. The lowest BCUT2D eigenvalue weighted by molar-refractivity contribution is 0.100. The van der Waals surface area contributed by atoms with Gasteiger partial charge in [0.15, 0.2) is 5.78 Å². The summed E-state index contributed by atoms with van der Waals surface area (Å²) in [5.41, 5.74) is 2.96. The van der Waals surface area contributed by atoms with Gasteiger partial charge < -0.3 is 4.74 Å². The molecule has 1 heterocycles. The van der Waals surface area contributed by atoms with Crippen LogP contribution in [0.4, 0.5) is 0 Å². The van der Waals surface area contributed by atoms with Crippen LogP contribution in [0.1, 0.15) is 67.9 Å². The lowest BCUT2D eigenvalue weighted by atomic mass is 9.83. The number of carbonyl (C=O) groups excluding carboxylic acids is 1. The van der Waals surface area contributed by atoms with Crippen LogP contribution in [0.15, 0.2) is 6.07 Å². The zero-order valence-electron chi connectivity index (χ0n) is 15.1. The summed E-state index contributed by atoms with van der Waals surface area (Å²) in [5.74, 6) is 1.10. The first-order valence-corrected chi connectivity index (χ1v) is 8.67. The third-order valence-electron chi connectivity index (χ3n) is 4.96. The highest BCUT2D eigenvalue weighted by Crippen LogP contribution is 2.42. The fourth-order valence-corrected chi connectivity index (χ4v) is 3.77. The number of rotatable bonds is 3. The number of nitrogens with zero attached hydrogens (tertiary/aromatic N) is 1. The second kappa shape index (κ2) is 6.82. The molecule has 23 heavy (non-hydrogen) atoms. The fourth-order valence-electron chi connectivity index (χ4n) is 3.56. The monoisotopic (exact) mass is 337 g/mol. The molecule has 4 heteroatoms. The molecule has 1 fully saturated rings. The first kappa shape index (κ1) is 18.3. The van der Waals surface area contributed by atoms with Gasteiger partial charge in [-0.2, -0.15) is 0 Å². The molecule has 1 aromatic rings. The van der Waals surface area contributed by atoms with E-state index in [1.54, 1.807) is 20.1 Å². The Balaban J connectivity index is 2.38. The van der Waals surface area contributed by atoms with Crippen LogP contribution >= 0.6 is 11.6 Å². The molecule has 2 rings (SSSR count). The molecule has 0 saturated carbocycles. The summed E-state index contributed by atoms with van der Waals surface area (Å²) in [4.78, 5) is 14.5. The lowest BCUT2D eigenvalue weighted by Crippen LogP contribution is -2.45. The second-order valence-corrected chi connectivity index (χ2v) is 7.87. The number of halogens is 1. The van der Waals surface area contributed by atoms with E-state index in [9.17, 15) is 4.79 Å². The lowest BCUT2D eigenvalue weighted by Gasteiger charge is -2.41. The normalized spacial score (nSPS) is 17.3. The van der Waals surface area contributed by atoms with E-state index in [1.807, 2.05) is 6.92 Å². The van der Waals surface area contributed by atoms with Crippen molar-refractivity contribution in [3.63, 3.8) is 0 Å². The van der Waals surface area contributed by atoms with E-state index in [4.69, 9.17) is 16.3 Å². The van der Waals surface area contributed by atoms with Crippen LogP contribution in [0, 0.1) is 6.92 Å². The van der Waals surface area contributed by atoms with Gasteiger partial charge in [0, 0.05) is 16.1 Å². The van der Waals surface area contributed by atoms with Crippen LogP contribution < -0.4 is 4.74 Å². The van der Waals surface area contributed by atoms with E-state index in [-0.39, 0.29) is 11.3 Å². The first-order chi connectivity index (χ1) is 10.7. The number of methoxy groups -OCH3 is 1. The quantitative estimate of drug-likeness (QED) is 0.739. The molecule has 0 spiro atoms. The van der Waals surface area contributed by atoms with Gasteiger partial charge in [-0.05, 0) is 78.1 Å². The van der Waals surface area contributed by atoms with E-state index >= 15 is 0 Å². The zero-order valence-corrected chi connectivity index (χ0v) is 15.9. The maximum absolute atomic E-state index is 12.0. The maximum Gasteiger partial charge on any atom is 0.163 e. The first-order valence-electron chi connectivity index (χ1n) is 8.29. The molecule has 1 aromatic carbocycles. The number of Topliss-reactive ketones (excluding diaryl/α,β-unsaturated/α-hetero) is 1. The van der Waals surface area contributed by atoms with Gasteiger partial charge in [-0.1, -0.05) is 11.6 Å². The number of ether oxygens (including phenoxy) is 1. The molecule has 0 radical (unpaired) electrons. The van der Waals surface area contributed by atoms with Crippen molar-refractivity contribution < 1.29 is 9.53 Å². The molecule has 0 aromatic heterocycles. The minimum Gasteiger partial charge on any atom is -0.496 e. The number of piperidine rings is 1. The summed E-state index contributed by atoms with van der Waals surface area (Å²) >= 11 is 6.39. The number of benzene rings is 1. The average Bonchev–Trinajstić information content (AvgIpc) is 2.48. The summed E-state index contributed by atoms with van der Waals surface area (Å²) < 4.78 is 5.63. The Labute approximate surface area is 145 Å². The number of likely N-dealkylation sites (tertiary alicyclic amines) is 1. The molecule has 0 aliphatic carbocycles. The van der Waals surface area contributed by atoms with Gasteiger partial charge in [-0.15, -0.1) is 0 Å². The largest absolute Gasteiger partial charge is 0.496 e. The Hall–Kier alpha value is -1.06. The van der Waals surface area contributed by atoms with Gasteiger partial charge in [-0.25, -0.2) is 0 Å². The third-order valence-corrected chi connectivity index (χ3v) is 5.35. The summed E-state index contributed by atoms with van der Waals surface area (Å²) in [7, 11) is 1.64. The molecule has 0 unspecified atom stereocenters. The van der Waals surface area contributed by atoms with Crippen LogP contribution in [-0.4, -0.2) is 36.4 Å². The second-order valence-electron chi connectivity index (χ2n) is 7.47. The highest BCUT2D eigenvalue weighted by atomic mass is 35.5. The predicted molar refractivity (Wildman–Crippen MR) is 96.0 cm³/mol. The van der Waals surface area contributed by atoms with E-state index in [0.29, 0.717) is 22.3 Å². The van der Waals surface area contributed by atoms with Crippen molar-refractivity contribution in [1.82, 2.24) is 4.90 Å². The fraction of sp³-hybridized carbons (Fsp3) is 0.632. The Morgan fingerprint density at radius 1 is 1.30 bits per heavy atom. The highest BCUT2D eigenvalue weighted by molar-refractivity contribution is 6.32. The highest BCUT2D eigenvalue weighted by Gasteiger charge is 2.31. The van der Waals surface area contributed by atoms with Gasteiger partial charge in [0.1, 0.15) is 5.75 Å². The molecule has 0 amide bonds. The van der Waals surface area contributed by atoms with Crippen molar-refractivity contribution in [1.29, 1.82) is 0 Å². The summed E-state index contributed by atoms with van der Waals surface area (Å²) in [6, 6.07) is 1.74. The molecular formula is C19H28ClNO2. The van der Waals surface area contributed by atoms with Gasteiger partial charge in [0.25, 0.3) is 0 Å². The topological polar surface area (TPSA) is 29.5 Å². The number of ketones is 1. The van der Waals surface area contributed by atoms with Crippen LogP contribution in [0.25, 0.3) is 0 Å². The van der Waals surface area contributed by atoms with Gasteiger partial charge in [0.2, 0.25) is 0 Å². The minimum atomic E-state index is -0.00266. The standard InChI is InChI=1S/C19H28ClNO2/c1-12-16(20)11-15(13(2)22)18(23-6)17(12)14-7-9-21(10-8-14)19(3,4)5/h11,14H,7-10H2,1-6H3. The van der Waals surface area contributed by atoms with Crippen molar-refractivity contribution in [2.24, 2.45) is 0 Å². The Bertz CT molecular complexity index is 596. The number of carbonyl (C=O) groups is 1. The minimum absolute atomic E-state index is 0.00266. The maximum atomic E-state index is 12.0. The molecule has 0 atom stereocenters. The molecule has 1 saturated heterocycles. The van der Waals surface area contributed by atoms with Crippen molar-refractivity contribution >= 4 is 17.4 Å². The van der Waals surface area contributed by atoms with Crippen LogP contribution in [-0.2, 0) is 0 Å². The van der Waals surface area contributed by atoms with Gasteiger partial charge in [0.05, 0.1) is 12.7 Å². The molecule has 128 valence electrons. The summed E-state index contributed by atoms with van der Waals surface area (Å²) in [5, 5.41) is 0.657. The van der Waals surface area contributed by atoms with Crippen molar-refractivity contribution in [2.45, 2.75) is 58.9 Å². The number of hydrogen-bond acceptors (Lipinski definition) is 3. The molecule has 3 nitrogen and oxygen atoms in total. The van der Waals surface area contributed by atoms with Crippen LogP contribution in [0.2, 0.25) is 5.02 Å². The predicted octanol–water partition coefficient (Wildman–Crippen LogP) is 4.84. The Morgan fingerprint density at radius 3 is 2.30 bits per heavy atom. The van der Waals surface area contributed by atoms with Crippen LogP contribution in [0.3, 0.4) is 0 Å². The third kappa shape index (κ3) is 3.72. The number of hydrogen-bond donors (Lipinski definition) is 0. The molecule has 1 aliphatic rings. The summed E-state index contributed by atoms with van der Waals surface area (Å²) in [6.07, 6.45) is 2.12. The van der Waals surface area contributed by atoms with E-state index < -0.39 is 0 Å². The molecule has 0 bridgehead atoms. The zero-order chi connectivity index (χ0) is 17.4. The van der Waals surface area contributed by atoms with E-state index in [0.717, 1.165) is 37.1 Å². The average molecular weight is 338 g/mol. The molecular weight excluding hydrogens is 310 g/mol. The molecule has 1 aliphatic heterocycles. The molecule has 0 N–H and O–H groups in total. The van der Waals surface area contributed by atoms with Crippen LogP contribution in [0.5, 0.6) is 5.75 Å². The SMILES string of the molecule is COc1c(C(C)=O)cc(Cl)c(C)c1C1CCN(C(C)(C)C)CC1. The van der Waals surface area contributed by atoms with Crippen molar-refractivity contribution in [3.05, 3.63) is 27.8 Å². The van der Waals surface area contributed by atoms with Gasteiger partial charge in [-0.3, -0.25) is 9.69 Å². The van der Waals surface area contributed by atoms with Crippen molar-refractivity contribution in [2.75, 3.05) is 20.2 Å². The smallest absolute Gasteiger partial charge is 0.163 e. The van der Waals surface area contributed by atoms with Gasteiger partial charge >= 0.3 is 0 Å². The van der Waals surface area contributed by atoms with Crippen molar-refractivity contribution in [3.8, 4) is 5.75 Å².